The number of anilines is 3. The van der Waals surface area contributed by atoms with Gasteiger partial charge in [0.05, 0.1) is 16.9 Å². The molecule has 2 N–H and O–H groups in total. The third-order valence-corrected chi connectivity index (χ3v) is 4.34. The van der Waals surface area contributed by atoms with Crippen molar-refractivity contribution < 1.29 is 4.79 Å². The van der Waals surface area contributed by atoms with Gasteiger partial charge in [-0.1, -0.05) is 30.3 Å². The zero-order valence-corrected chi connectivity index (χ0v) is 10.8. The first kappa shape index (κ1) is 10.6. The summed E-state index contributed by atoms with van der Waals surface area (Å²) in [6.45, 7) is 0. The maximum atomic E-state index is 12.3. The molecule has 0 aliphatic carbocycles. The van der Waals surface area contributed by atoms with Crippen LogP contribution in [0.25, 0.3) is 10.1 Å². The molecule has 4 rings (SSSR count). The number of fused-ring (bicyclic) bond motifs is 4. The Morgan fingerprint density at radius 2 is 1.68 bits per heavy atom. The molecule has 2 aromatic carbocycles. The first-order chi connectivity index (χ1) is 9.33. The summed E-state index contributed by atoms with van der Waals surface area (Å²) in [6.07, 6.45) is 0. The first-order valence-electron chi connectivity index (χ1n) is 6.02. The van der Waals surface area contributed by atoms with Gasteiger partial charge >= 0.3 is 0 Å². The minimum Gasteiger partial charge on any atom is -0.345 e. The highest BCUT2D eigenvalue weighted by molar-refractivity contribution is 7.23. The summed E-state index contributed by atoms with van der Waals surface area (Å²) in [6, 6.07) is 15.6. The highest BCUT2D eigenvalue weighted by atomic mass is 32.1. The fraction of sp³-hybridized carbons (Fsp3) is 0. The smallest absolute Gasteiger partial charge is 0.257 e. The van der Waals surface area contributed by atoms with Gasteiger partial charge in [-0.15, -0.1) is 11.3 Å². The van der Waals surface area contributed by atoms with Crippen LogP contribution in [-0.4, -0.2) is 5.91 Å². The van der Waals surface area contributed by atoms with Gasteiger partial charge in [0.1, 0.15) is 5.00 Å². The second-order valence-corrected chi connectivity index (χ2v) is 5.48. The first-order valence-corrected chi connectivity index (χ1v) is 6.83. The van der Waals surface area contributed by atoms with Crippen LogP contribution in [0.4, 0.5) is 16.4 Å². The van der Waals surface area contributed by atoms with E-state index in [1.165, 1.54) is 4.70 Å². The Hall–Kier alpha value is -2.33. The van der Waals surface area contributed by atoms with Crippen molar-refractivity contribution in [1.29, 1.82) is 0 Å². The summed E-state index contributed by atoms with van der Waals surface area (Å²) >= 11 is 1.65. The largest absolute Gasteiger partial charge is 0.345 e. The zero-order valence-electron chi connectivity index (χ0n) is 9.94. The molecule has 1 amide bonds. The summed E-state index contributed by atoms with van der Waals surface area (Å²) in [4.78, 5) is 12.3. The topological polar surface area (TPSA) is 41.1 Å². The number of carbonyl (C=O) groups is 1. The maximum absolute atomic E-state index is 12.3. The molecule has 0 saturated carbocycles. The lowest BCUT2D eigenvalue weighted by Crippen LogP contribution is -2.10. The van der Waals surface area contributed by atoms with Gasteiger partial charge in [0.25, 0.3) is 5.91 Å². The number of hydrogen-bond acceptors (Lipinski definition) is 3. The van der Waals surface area contributed by atoms with Crippen LogP contribution in [-0.2, 0) is 0 Å². The van der Waals surface area contributed by atoms with Crippen molar-refractivity contribution >= 4 is 43.7 Å². The number of amides is 1. The molecule has 0 radical (unpaired) electrons. The molecular weight excluding hydrogens is 256 g/mol. The molecule has 0 fully saturated rings. The van der Waals surface area contributed by atoms with Crippen LogP contribution < -0.4 is 10.6 Å². The Morgan fingerprint density at radius 3 is 2.63 bits per heavy atom. The van der Waals surface area contributed by atoms with Crippen molar-refractivity contribution in [3.05, 3.63) is 54.1 Å². The summed E-state index contributed by atoms with van der Waals surface area (Å²) in [5.74, 6) is -0.0644. The number of carbonyl (C=O) groups excluding carboxylic acids is 1. The van der Waals surface area contributed by atoms with E-state index in [0.717, 1.165) is 21.8 Å². The average Bonchev–Trinajstić information content (AvgIpc) is 2.70. The Balaban J connectivity index is 1.98. The van der Waals surface area contributed by atoms with E-state index in [1.54, 1.807) is 11.3 Å². The quantitative estimate of drug-likeness (QED) is 0.640. The number of para-hydroxylation sites is 1. The highest BCUT2D eigenvalue weighted by Crippen LogP contribution is 2.43. The van der Waals surface area contributed by atoms with Crippen molar-refractivity contribution in [2.75, 3.05) is 10.6 Å². The van der Waals surface area contributed by atoms with Crippen molar-refractivity contribution in [1.82, 2.24) is 0 Å². The van der Waals surface area contributed by atoms with Crippen LogP contribution in [0.5, 0.6) is 0 Å². The molecule has 0 atom stereocenters. The molecule has 0 bridgehead atoms. The molecule has 19 heavy (non-hydrogen) atoms. The van der Waals surface area contributed by atoms with Crippen LogP contribution in [0.3, 0.4) is 0 Å². The third kappa shape index (κ3) is 1.54. The Kier molecular flexibility index (Phi) is 2.13. The lowest BCUT2D eigenvalue weighted by molar-refractivity contribution is 0.102. The molecule has 0 saturated heterocycles. The normalized spacial score (nSPS) is 13.2. The van der Waals surface area contributed by atoms with Crippen molar-refractivity contribution in [2.24, 2.45) is 0 Å². The minimum absolute atomic E-state index is 0.0644. The standard InChI is InChI=1S/C15H10N2OS/c18-14-9-5-1-3-7-11(9)16-15-13(17-14)10-6-2-4-8-12(10)19-15/h1-8,16H,(H,17,18). The molecule has 3 aromatic rings. The number of hydrogen-bond donors (Lipinski definition) is 2. The Labute approximate surface area is 113 Å². The van der Waals surface area contributed by atoms with Gasteiger partial charge in [-0.25, -0.2) is 0 Å². The predicted octanol–water partition coefficient (Wildman–Crippen LogP) is 4.21. The number of benzene rings is 2. The molecular formula is C15H10N2OS. The van der Waals surface area contributed by atoms with E-state index in [9.17, 15) is 4.79 Å². The molecule has 0 unspecified atom stereocenters. The fourth-order valence-electron chi connectivity index (χ4n) is 2.35. The molecule has 92 valence electrons. The monoisotopic (exact) mass is 266 g/mol. The second kappa shape index (κ2) is 3.83. The molecule has 0 spiro atoms. The predicted molar refractivity (Wildman–Crippen MR) is 79.5 cm³/mol. The SMILES string of the molecule is O=C1Nc2c(sc3ccccc23)Nc2ccccc21. The summed E-state index contributed by atoms with van der Waals surface area (Å²) < 4.78 is 1.17. The van der Waals surface area contributed by atoms with Gasteiger partial charge in [-0.2, -0.15) is 0 Å². The van der Waals surface area contributed by atoms with Crippen LogP contribution in [0.15, 0.2) is 48.5 Å². The lowest BCUT2D eigenvalue weighted by atomic mass is 10.1. The molecule has 1 aliphatic heterocycles. The van der Waals surface area contributed by atoms with Crippen molar-refractivity contribution in [2.45, 2.75) is 0 Å². The van der Waals surface area contributed by atoms with Gasteiger partial charge in [0.15, 0.2) is 0 Å². The van der Waals surface area contributed by atoms with E-state index >= 15 is 0 Å². The number of nitrogens with one attached hydrogen (secondary N) is 2. The van der Waals surface area contributed by atoms with Gasteiger partial charge in [-0.3, -0.25) is 4.79 Å². The van der Waals surface area contributed by atoms with Crippen LogP contribution in [0, 0.1) is 0 Å². The van der Waals surface area contributed by atoms with E-state index in [0.29, 0.717) is 5.56 Å². The van der Waals surface area contributed by atoms with Gasteiger partial charge in [-0.05, 0) is 18.2 Å². The highest BCUT2D eigenvalue weighted by Gasteiger charge is 2.21. The Bertz CT molecular complexity index is 807. The molecule has 1 aromatic heterocycles. The van der Waals surface area contributed by atoms with Gasteiger partial charge < -0.3 is 10.6 Å². The van der Waals surface area contributed by atoms with Crippen LogP contribution in [0.2, 0.25) is 0 Å². The van der Waals surface area contributed by atoms with E-state index in [-0.39, 0.29) is 5.91 Å². The van der Waals surface area contributed by atoms with Gasteiger partial charge in [0, 0.05) is 10.1 Å². The fourth-order valence-corrected chi connectivity index (χ4v) is 3.42. The van der Waals surface area contributed by atoms with Crippen molar-refractivity contribution in [3.8, 4) is 0 Å². The summed E-state index contributed by atoms with van der Waals surface area (Å²) in [5, 5.41) is 8.43. The average molecular weight is 266 g/mol. The zero-order chi connectivity index (χ0) is 12.8. The molecule has 4 heteroatoms. The Morgan fingerprint density at radius 1 is 0.895 bits per heavy atom. The van der Waals surface area contributed by atoms with E-state index in [2.05, 4.69) is 16.7 Å². The van der Waals surface area contributed by atoms with Gasteiger partial charge in [0.2, 0.25) is 0 Å². The minimum atomic E-state index is -0.0644. The van der Waals surface area contributed by atoms with Crippen LogP contribution >= 0.6 is 11.3 Å². The number of thiophene rings is 1. The summed E-state index contributed by atoms with van der Waals surface area (Å²) in [5.41, 5.74) is 2.40. The van der Waals surface area contributed by atoms with Crippen LogP contribution in [0.1, 0.15) is 10.4 Å². The van der Waals surface area contributed by atoms with E-state index < -0.39 is 0 Å². The lowest BCUT2D eigenvalue weighted by Gasteiger charge is -2.04. The molecule has 2 heterocycles. The van der Waals surface area contributed by atoms with Crippen molar-refractivity contribution in [3.63, 3.8) is 0 Å². The number of rotatable bonds is 0. The third-order valence-electron chi connectivity index (χ3n) is 3.25. The van der Waals surface area contributed by atoms with E-state index in [1.807, 2.05) is 42.5 Å². The second-order valence-electron chi connectivity index (χ2n) is 4.43. The maximum Gasteiger partial charge on any atom is 0.257 e. The molecule has 1 aliphatic rings. The van der Waals surface area contributed by atoms with E-state index in [4.69, 9.17) is 0 Å². The molecule has 3 nitrogen and oxygen atoms in total. The summed E-state index contributed by atoms with van der Waals surface area (Å²) in [7, 11) is 0.